The Hall–Kier alpha value is -3.27. The highest BCUT2D eigenvalue weighted by Gasteiger charge is 2.26. The molecule has 0 amide bonds. The smallest absolute Gasteiger partial charge is 0.129 e. The van der Waals surface area contributed by atoms with Gasteiger partial charge < -0.3 is 15.4 Å². The van der Waals surface area contributed by atoms with E-state index >= 15 is 0 Å². The maximum atomic E-state index is 13.9. The molecule has 3 aromatic carbocycles. The van der Waals surface area contributed by atoms with Crippen molar-refractivity contribution in [3.8, 4) is 16.9 Å². The van der Waals surface area contributed by atoms with Crippen LogP contribution in [0, 0.1) is 19.7 Å². The first-order valence-corrected chi connectivity index (χ1v) is 11.0. The minimum atomic E-state index is -0.307. The van der Waals surface area contributed by atoms with E-state index in [1.54, 1.807) is 13.2 Å². The molecule has 0 fully saturated rings. The quantitative estimate of drug-likeness (QED) is 0.444. The van der Waals surface area contributed by atoms with Crippen LogP contribution in [0.4, 0.5) is 15.8 Å². The summed E-state index contributed by atoms with van der Waals surface area (Å²) >= 11 is 0. The second kappa shape index (κ2) is 8.34. The molecule has 166 valence electrons. The Labute approximate surface area is 190 Å². The molecule has 0 unspecified atom stereocenters. The number of aryl methyl sites for hydroxylation is 2. The number of anilines is 2. The Kier molecular flexibility index (Phi) is 5.72. The lowest BCUT2D eigenvalue weighted by atomic mass is 9.85. The molecule has 0 atom stereocenters. The molecule has 1 aliphatic heterocycles. The number of benzene rings is 3. The van der Waals surface area contributed by atoms with Crippen molar-refractivity contribution >= 4 is 16.9 Å². The number of ether oxygens (including phenoxy) is 1. The van der Waals surface area contributed by atoms with E-state index in [1.165, 1.54) is 34.4 Å². The lowest BCUT2D eigenvalue weighted by Gasteiger charge is -2.33. The van der Waals surface area contributed by atoms with E-state index in [1.807, 2.05) is 0 Å². The van der Waals surface area contributed by atoms with Crippen molar-refractivity contribution in [2.24, 2.45) is 0 Å². The minimum Gasteiger partial charge on any atom is -0.496 e. The molecule has 0 bridgehead atoms. The predicted molar refractivity (Wildman–Crippen MR) is 133 cm³/mol. The summed E-state index contributed by atoms with van der Waals surface area (Å²) in [4.78, 5) is 0. The number of para-hydroxylation sites is 1. The molecule has 4 rings (SSSR count). The van der Waals surface area contributed by atoms with Crippen LogP contribution < -0.4 is 15.4 Å². The normalized spacial score (nSPS) is 14.3. The second-order valence-corrected chi connectivity index (χ2v) is 9.15. The number of nitrogens with one attached hydrogen (secondary N) is 2. The average Bonchev–Trinajstić information content (AvgIpc) is 2.72. The molecule has 3 nitrogen and oxygen atoms in total. The van der Waals surface area contributed by atoms with E-state index < -0.39 is 0 Å². The van der Waals surface area contributed by atoms with E-state index in [0.29, 0.717) is 12.3 Å². The zero-order valence-electron chi connectivity index (χ0n) is 19.7. The molecule has 3 aromatic rings. The van der Waals surface area contributed by atoms with Crippen molar-refractivity contribution in [1.29, 1.82) is 0 Å². The van der Waals surface area contributed by atoms with Crippen molar-refractivity contribution in [2.45, 2.75) is 46.7 Å². The molecular formula is C28H31FN2O. The van der Waals surface area contributed by atoms with Gasteiger partial charge in [-0.15, -0.1) is 0 Å². The molecule has 0 saturated carbocycles. The van der Waals surface area contributed by atoms with Crippen LogP contribution in [0.15, 0.2) is 54.6 Å². The molecule has 2 N–H and O–H groups in total. The number of methoxy groups -OCH3 is 1. The molecule has 0 saturated heterocycles. The minimum absolute atomic E-state index is 0.122. The maximum absolute atomic E-state index is 13.9. The highest BCUT2D eigenvalue weighted by atomic mass is 19.1. The molecule has 1 heterocycles. The van der Waals surface area contributed by atoms with Crippen molar-refractivity contribution < 1.29 is 9.13 Å². The Balaban J connectivity index is 1.89. The van der Waals surface area contributed by atoms with Crippen LogP contribution in [0.2, 0.25) is 0 Å². The van der Waals surface area contributed by atoms with Gasteiger partial charge in [-0.1, -0.05) is 30.3 Å². The maximum Gasteiger partial charge on any atom is 0.129 e. The highest BCUT2D eigenvalue weighted by Crippen LogP contribution is 2.42. The molecule has 0 aliphatic carbocycles. The zero-order chi connectivity index (χ0) is 23.0. The van der Waals surface area contributed by atoms with Gasteiger partial charge in [0.1, 0.15) is 11.6 Å². The summed E-state index contributed by atoms with van der Waals surface area (Å²) in [5.74, 6) is 0.224. The summed E-state index contributed by atoms with van der Waals surface area (Å²) in [6.07, 6.45) is 2.27. The number of halogens is 1. The topological polar surface area (TPSA) is 33.3 Å². The van der Waals surface area contributed by atoms with Gasteiger partial charge in [-0.2, -0.15) is 0 Å². The average molecular weight is 431 g/mol. The van der Waals surface area contributed by atoms with E-state index in [-0.39, 0.29) is 11.4 Å². The Morgan fingerprint density at radius 1 is 0.969 bits per heavy atom. The fourth-order valence-corrected chi connectivity index (χ4v) is 4.79. The van der Waals surface area contributed by atoms with Crippen LogP contribution in [0.25, 0.3) is 16.7 Å². The summed E-state index contributed by atoms with van der Waals surface area (Å²) in [7, 11) is 1.58. The highest BCUT2D eigenvalue weighted by molar-refractivity contribution is 5.88. The number of allylic oxidation sites excluding steroid dienone is 1. The molecule has 0 aromatic heterocycles. The van der Waals surface area contributed by atoms with Crippen molar-refractivity contribution in [2.75, 3.05) is 17.7 Å². The number of hydrogen-bond donors (Lipinski definition) is 2. The third-order valence-corrected chi connectivity index (χ3v) is 6.12. The van der Waals surface area contributed by atoms with E-state index in [4.69, 9.17) is 4.74 Å². The zero-order valence-corrected chi connectivity index (χ0v) is 19.7. The SMILES string of the molecule is COc1cc(F)ccc1-c1ccc2c(c1CNc1c(C)cccc1C)C(C)=CC(C)(C)N2. The number of hydrogen-bond acceptors (Lipinski definition) is 3. The summed E-state index contributed by atoms with van der Waals surface area (Å²) in [5.41, 5.74) is 10.0. The van der Waals surface area contributed by atoms with Crippen LogP contribution in [0.3, 0.4) is 0 Å². The Morgan fingerprint density at radius 2 is 1.66 bits per heavy atom. The van der Waals surface area contributed by atoms with Crippen LogP contribution in [0.5, 0.6) is 5.75 Å². The van der Waals surface area contributed by atoms with Gasteiger partial charge in [-0.3, -0.25) is 0 Å². The van der Waals surface area contributed by atoms with E-state index in [2.05, 4.69) is 81.7 Å². The van der Waals surface area contributed by atoms with E-state index in [9.17, 15) is 4.39 Å². The van der Waals surface area contributed by atoms with Crippen LogP contribution in [-0.2, 0) is 6.54 Å². The van der Waals surface area contributed by atoms with Crippen LogP contribution in [-0.4, -0.2) is 12.6 Å². The first kappa shape index (κ1) is 21.9. The van der Waals surface area contributed by atoms with Crippen LogP contribution >= 0.6 is 0 Å². The molecule has 0 radical (unpaired) electrons. The predicted octanol–water partition coefficient (Wildman–Crippen LogP) is 7.34. The molecule has 4 heteroatoms. The van der Waals surface area contributed by atoms with Gasteiger partial charge in [0, 0.05) is 35.1 Å². The largest absolute Gasteiger partial charge is 0.496 e. The standard InChI is InChI=1S/C28H31FN2O/c1-17-8-7-9-18(2)27(17)30-16-23-21(22-11-10-20(29)14-25(22)32-6)12-13-24-26(23)19(3)15-28(4,5)31-24/h7-15,30-31H,16H2,1-6H3. The Morgan fingerprint density at radius 3 is 2.34 bits per heavy atom. The fraction of sp³-hybridized carbons (Fsp3) is 0.286. The molecule has 32 heavy (non-hydrogen) atoms. The summed E-state index contributed by atoms with van der Waals surface area (Å²) in [6, 6.07) is 15.3. The van der Waals surface area contributed by atoms with Gasteiger partial charge in [0.2, 0.25) is 0 Å². The molecule has 0 spiro atoms. The van der Waals surface area contributed by atoms with Crippen molar-refractivity contribution in [3.63, 3.8) is 0 Å². The third kappa shape index (κ3) is 4.10. The summed E-state index contributed by atoms with van der Waals surface area (Å²) < 4.78 is 19.5. The van der Waals surface area contributed by atoms with Gasteiger partial charge in [0.15, 0.2) is 0 Å². The van der Waals surface area contributed by atoms with Gasteiger partial charge >= 0.3 is 0 Å². The van der Waals surface area contributed by atoms with Crippen molar-refractivity contribution in [3.05, 3.63) is 82.7 Å². The van der Waals surface area contributed by atoms with Crippen LogP contribution in [0.1, 0.15) is 43.0 Å². The third-order valence-electron chi connectivity index (χ3n) is 6.12. The summed E-state index contributed by atoms with van der Waals surface area (Å²) in [6.45, 7) is 11.4. The number of rotatable bonds is 5. The molecule has 1 aliphatic rings. The van der Waals surface area contributed by atoms with E-state index in [0.717, 1.165) is 28.1 Å². The molecular weight excluding hydrogens is 399 g/mol. The Bertz CT molecular complexity index is 1190. The van der Waals surface area contributed by atoms with Gasteiger partial charge in [-0.05, 0) is 80.6 Å². The second-order valence-electron chi connectivity index (χ2n) is 9.15. The fourth-order valence-electron chi connectivity index (χ4n) is 4.79. The first-order chi connectivity index (χ1) is 15.2. The number of fused-ring (bicyclic) bond motifs is 1. The lowest BCUT2D eigenvalue weighted by molar-refractivity contribution is 0.413. The van der Waals surface area contributed by atoms with Gasteiger partial charge in [-0.25, -0.2) is 4.39 Å². The van der Waals surface area contributed by atoms with Crippen molar-refractivity contribution in [1.82, 2.24) is 0 Å². The lowest BCUT2D eigenvalue weighted by Crippen LogP contribution is -2.32. The monoisotopic (exact) mass is 430 g/mol. The first-order valence-electron chi connectivity index (χ1n) is 11.0. The van der Waals surface area contributed by atoms with Gasteiger partial charge in [0.05, 0.1) is 12.6 Å². The van der Waals surface area contributed by atoms with Gasteiger partial charge in [0.25, 0.3) is 0 Å². The summed E-state index contributed by atoms with van der Waals surface area (Å²) in [5, 5.41) is 7.33.